The van der Waals surface area contributed by atoms with Crippen LogP contribution in [0.4, 0.5) is 0 Å². The van der Waals surface area contributed by atoms with E-state index in [9.17, 15) is 18.0 Å². The third kappa shape index (κ3) is 5.67. The van der Waals surface area contributed by atoms with Gasteiger partial charge >= 0.3 is 11.9 Å². The summed E-state index contributed by atoms with van der Waals surface area (Å²) in [4.78, 5) is 23.7. The highest BCUT2D eigenvalue weighted by Crippen LogP contribution is 2.25. The number of esters is 2. The lowest BCUT2D eigenvalue weighted by molar-refractivity contribution is -0.164. The van der Waals surface area contributed by atoms with E-state index in [1.54, 1.807) is 26.0 Å². The second-order valence-corrected chi connectivity index (χ2v) is 8.44. The molecule has 0 bridgehead atoms. The smallest absolute Gasteiger partial charge is 0.344 e. The zero-order chi connectivity index (χ0) is 20.0. The Bertz CT molecular complexity index is 750. The van der Waals surface area contributed by atoms with E-state index in [0.29, 0.717) is 18.6 Å². The summed E-state index contributed by atoms with van der Waals surface area (Å²) in [5, 5.41) is 0. The molecule has 1 aromatic carbocycles. The molecular weight excluding hydrogens is 374 g/mol. The van der Waals surface area contributed by atoms with Gasteiger partial charge in [-0.15, -0.1) is 0 Å². The average Bonchev–Trinajstić information content (AvgIpc) is 2.65. The summed E-state index contributed by atoms with van der Waals surface area (Å²) >= 11 is 0. The molecule has 1 heterocycles. The highest BCUT2D eigenvalue weighted by atomic mass is 32.2. The molecule has 0 amide bonds. The molecule has 0 N–H and O–H groups in total. The number of hydrogen-bond acceptors (Lipinski definition) is 7. The molecule has 0 spiro atoms. The van der Waals surface area contributed by atoms with Crippen LogP contribution in [-0.2, 0) is 29.1 Å². The van der Waals surface area contributed by atoms with Crippen LogP contribution in [0.3, 0.4) is 0 Å². The van der Waals surface area contributed by atoms with Crippen molar-refractivity contribution in [3.8, 4) is 5.75 Å². The number of carbonyl (C=O) groups is 2. The van der Waals surface area contributed by atoms with Crippen LogP contribution in [0.1, 0.15) is 26.7 Å². The van der Waals surface area contributed by atoms with E-state index in [4.69, 9.17) is 14.2 Å². The Kier molecular flexibility index (Phi) is 7.20. The van der Waals surface area contributed by atoms with E-state index in [0.717, 1.165) is 0 Å². The van der Waals surface area contributed by atoms with E-state index in [2.05, 4.69) is 0 Å². The Hall–Kier alpha value is -2.13. The van der Waals surface area contributed by atoms with Gasteiger partial charge in [-0.2, -0.15) is 4.31 Å². The zero-order valence-corrected chi connectivity index (χ0v) is 16.5. The minimum atomic E-state index is -3.62. The highest BCUT2D eigenvalue weighted by molar-refractivity contribution is 7.89. The second-order valence-electron chi connectivity index (χ2n) is 6.50. The number of sulfonamides is 1. The maximum atomic E-state index is 12.7. The summed E-state index contributed by atoms with van der Waals surface area (Å²) < 4.78 is 41.6. The predicted molar refractivity (Wildman–Crippen MR) is 96.7 cm³/mol. The van der Waals surface area contributed by atoms with Gasteiger partial charge in [0.2, 0.25) is 10.0 Å². The Morgan fingerprint density at radius 3 is 2.26 bits per heavy atom. The van der Waals surface area contributed by atoms with E-state index in [-0.39, 0.29) is 24.1 Å². The van der Waals surface area contributed by atoms with Gasteiger partial charge in [-0.1, -0.05) is 0 Å². The van der Waals surface area contributed by atoms with Gasteiger partial charge in [-0.25, -0.2) is 13.2 Å². The van der Waals surface area contributed by atoms with Crippen molar-refractivity contribution in [2.45, 2.75) is 37.7 Å². The SMILES string of the molecule is COc1ccc(S(=O)(=O)N2CCC(C(=O)OCC(=O)OC(C)C)CC2)cc1. The molecule has 9 heteroatoms. The van der Waals surface area contributed by atoms with Gasteiger partial charge in [0.25, 0.3) is 0 Å². The highest BCUT2D eigenvalue weighted by Gasteiger charge is 2.33. The second kappa shape index (κ2) is 9.18. The average molecular weight is 399 g/mol. The third-order valence-electron chi connectivity index (χ3n) is 4.18. The number of ether oxygens (including phenoxy) is 3. The molecule has 2 rings (SSSR count). The first-order chi connectivity index (χ1) is 12.7. The van der Waals surface area contributed by atoms with Crippen LogP contribution in [0.2, 0.25) is 0 Å². The lowest BCUT2D eigenvalue weighted by Crippen LogP contribution is -2.40. The molecule has 0 aliphatic carbocycles. The van der Waals surface area contributed by atoms with Crippen LogP contribution in [0.15, 0.2) is 29.2 Å². The third-order valence-corrected chi connectivity index (χ3v) is 6.10. The van der Waals surface area contributed by atoms with E-state index in [1.807, 2.05) is 0 Å². The minimum absolute atomic E-state index is 0.181. The van der Waals surface area contributed by atoms with Crippen molar-refractivity contribution in [1.82, 2.24) is 4.31 Å². The van der Waals surface area contributed by atoms with Crippen molar-refractivity contribution in [3.63, 3.8) is 0 Å². The van der Waals surface area contributed by atoms with Crippen LogP contribution in [0, 0.1) is 5.92 Å². The Balaban J connectivity index is 1.88. The molecule has 0 saturated carbocycles. The van der Waals surface area contributed by atoms with E-state index in [1.165, 1.54) is 23.5 Å². The van der Waals surface area contributed by atoms with Crippen molar-refractivity contribution in [2.75, 3.05) is 26.8 Å². The Labute approximate surface area is 159 Å². The fraction of sp³-hybridized carbons (Fsp3) is 0.556. The maximum Gasteiger partial charge on any atom is 0.344 e. The van der Waals surface area contributed by atoms with Crippen molar-refractivity contribution in [2.24, 2.45) is 5.92 Å². The lowest BCUT2D eigenvalue weighted by atomic mass is 9.98. The molecular formula is C18H25NO7S. The summed E-state index contributed by atoms with van der Waals surface area (Å²) in [6, 6.07) is 6.17. The molecule has 0 aromatic heterocycles. The summed E-state index contributed by atoms with van der Waals surface area (Å²) in [5.41, 5.74) is 0. The van der Waals surface area contributed by atoms with Gasteiger partial charge in [-0.05, 0) is 51.0 Å². The number of methoxy groups -OCH3 is 1. The van der Waals surface area contributed by atoms with Gasteiger partial charge in [0.15, 0.2) is 6.61 Å². The summed E-state index contributed by atoms with van der Waals surface area (Å²) in [7, 11) is -2.11. The molecule has 150 valence electrons. The number of benzene rings is 1. The van der Waals surface area contributed by atoms with E-state index < -0.39 is 34.5 Å². The van der Waals surface area contributed by atoms with Crippen molar-refractivity contribution < 1.29 is 32.2 Å². The minimum Gasteiger partial charge on any atom is -0.497 e. The first kappa shape index (κ1) is 21.2. The van der Waals surface area contributed by atoms with Gasteiger partial charge in [0.1, 0.15) is 5.75 Å². The largest absolute Gasteiger partial charge is 0.497 e. The van der Waals surface area contributed by atoms with Gasteiger partial charge < -0.3 is 14.2 Å². The summed E-state index contributed by atoms with van der Waals surface area (Å²) in [6.45, 7) is 3.41. The number of piperidine rings is 1. The monoisotopic (exact) mass is 399 g/mol. The fourth-order valence-corrected chi connectivity index (χ4v) is 4.24. The van der Waals surface area contributed by atoms with Gasteiger partial charge in [-0.3, -0.25) is 4.79 Å². The first-order valence-corrected chi connectivity index (χ1v) is 10.2. The summed E-state index contributed by atoms with van der Waals surface area (Å²) in [5.74, 6) is -0.958. The molecule has 1 saturated heterocycles. The predicted octanol–water partition coefficient (Wildman–Crippen LogP) is 1.59. The number of hydrogen-bond donors (Lipinski definition) is 0. The Morgan fingerprint density at radius 2 is 1.74 bits per heavy atom. The van der Waals surface area contributed by atoms with Crippen LogP contribution >= 0.6 is 0 Å². The van der Waals surface area contributed by atoms with Crippen LogP contribution in [-0.4, -0.2) is 57.6 Å². The molecule has 1 aliphatic heterocycles. The normalized spacial score (nSPS) is 16.1. The number of carbonyl (C=O) groups excluding carboxylic acids is 2. The van der Waals surface area contributed by atoms with Crippen LogP contribution in [0.5, 0.6) is 5.75 Å². The maximum absolute atomic E-state index is 12.7. The van der Waals surface area contributed by atoms with Crippen LogP contribution in [0.25, 0.3) is 0 Å². The molecule has 0 radical (unpaired) electrons. The first-order valence-electron chi connectivity index (χ1n) is 8.74. The quantitative estimate of drug-likeness (QED) is 0.642. The molecule has 0 atom stereocenters. The fourth-order valence-electron chi connectivity index (χ4n) is 2.77. The standard InChI is InChI=1S/C18H25NO7S/c1-13(2)26-17(20)12-25-18(21)14-8-10-19(11-9-14)27(22,23)16-6-4-15(24-3)5-7-16/h4-7,13-14H,8-12H2,1-3H3. The van der Waals surface area contributed by atoms with E-state index >= 15 is 0 Å². The molecule has 1 fully saturated rings. The van der Waals surface area contributed by atoms with Gasteiger partial charge in [0.05, 0.1) is 24.0 Å². The number of nitrogens with zero attached hydrogens (tertiary/aromatic N) is 1. The molecule has 1 aromatic rings. The molecule has 0 unspecified atom stereocenters. The molecule has 1 aliphatic rings. The number of rotatable bonds is 7. The molecule has 27 heavy (non-hydrogen) atoms. The topological polar surface area (TPSA) is 99.2 Å². The van der Waals surface area contributed by atoms with Gasteiger partial charge in [0, 0.05) is 13.1 Å². The molecule has 8 nitrogen and oxygen atoms in total. The Morgan fingerprint density at radius 1 is 1.15 bits per heavy atom. The van der Waals surface area contributed by atoms with Crippen molar-refractivity contribution >= 4 is 22.0 Å². The van der Waals surface area contributed by atoms with Crippen molar-refractivity contribution in [3.05, 3.63) is 24.3 Å². The lowest BCUT2D eigenvalue weighted by Gasteiger charge is -2.30. The zero-order valence-electron chi connectivity index (χ0n) is 15.7. The van der Waals surface area contributed by atoms with Crippen molar-refractivity contribution in [1.29, 1.82) is 0 Å². The van der Waals surface area contributed by atoms with Crippen LogP contribution < -0.4 is 4.74 Å². The summed E-state index contributed by atoms with van der Waals surface area (Å²) in [6.07, 6.45) is 0.406.